The highest BCUT2D eigenvalue weighted by Gasteiger charge is 2.42. The van der Waals surface area contributed by atoms with E-state index in [0.717, 1.165) is 18.5 Å². The molecule has 23 nitrogen and oxygen atoms in total. The number of hydrogen-bond donors (Lipinski definition) is 4. The van der Waals surface area contributed by atoms with Crippen molar-refractivity contribution < 1.29 is 74.5 Å². The van der Waals surface area contributed by atoms with Crippen LogP contribution < -0.4 is 30.5 Å². The average Bonchev–Trinajstić information content (AvgIpc) is 3.60. The third-order valence-electron chi connectivity index (χ3n) is 7.85. The quantitative estimate of drug-likeness (QED) is 0.148. The molecule has 29 heteroatoms. The van der Waals surface area contributed by atoms with E-state index in [4.69, 9.17) is 38.2 Å². The number of halogens is 2. The van der Waals surface area contributed by atoms with Gasteiger partial charge in [0.1, 0.15) is 18.1 Å². The minimum absolute atomic E-state index is 0.0361. The summed E-state index contributed by atoms with van der Waals surface area (Å²) in [4.78, 5) is 85.9. The number of nitrogen functional groups attached to an aromatic ring is 1. The fourth-order valence-corrected chi connectivity index (χ4v) is 11.1. The molecule has 54 heavy (non-hydrogen) atoms. The lowest BCUT2D eigenvalue weighted by Crippen LogP contribution is -2.32. The Morgan fingerprint density at radius 2 is 1.78 bits per heavy atom. The number of nitrogens with two attached hydrogens (primary N) is 1. The predicted molar refractivity (Wildman–Crippen MR) is 178 cm³/mol. The monoisotopic (exact) mass is 873 g/mol. The Balaban J connectivity index is 1.07. The normalized spacial score (nSPS) is 25.4. The Labute approximate surface area is 311 Å². The number of benzene rings is 1. The molecule has 1 fully saturated rings. The third kappa shape index (κ3) is 8.42. The van der Waals surface area contributed by atoms with Crippen molar-refractivity contribution in [3.05, 3.63) is 62.2 Å². The van der Waals surface area contributed by atoms with Crippen LogP contribution in [0.3, 0.4) is 0 Å². The molecule has 5 N–H and O–H groups in total. The summed E-state index contributed by atoms with van der Waals surface area (Å²) in [6, 6.07) is 3.46. The maximum atomic E-state index is 12.6. The van der Waals surface area contributed by atoms with E-state index in [1.54, 1.807) is 13.8 Å². The van der Waals surface area contributed by atoms with Crippen LogP contribution in [0.4, 0.5) is 11.6 Å². The molecule has 292 valence electrons. The zero-order valence-corrected chi connectivity index (χ0v) is 32.1. The van der Waals surface area contributed by atoms with Crippen LogP contribution in [0.5, 0.6) is 5.75 Å². The summed E-state index contributed by atoms with van der Waals surface area (Å²) in [5, 5.41) is 9.96. The van der Waals surface area contributed by atoms with Gasteiger partial charge in [-0.25, -0.2) is 27.5 Å². The average molecular weight is 874 g/mol. The van der Waals surface area contributed by atoms with E-state index in [-0.39, 0.29) is 56.1 Å². The fraction of sp³-hybridized carbons (Fsp3) is 0.320. The number of Topliss-reactive ketones (excluding diaryl/α,β-unsaturated/α-hetero) is 1. The number of allylic oxidation sites excluding steroid dienone is 4. The lowest BCUT2D eigenvalue weighted by molar-refractivity contribution is -0.241. The molecule has 6 rings (SSSR count). The number of aliphatic hydroxyl groups is 1. The van der Waals surface area contributed by atoms with Crippen molar-refractivity contribution in [2.24, 2.45) is 4.99 Å². The van der Waals surface area contributed by atoms with Crippen molar-refractivity contribution >= 4 is 88.8 Å². The highest BCUT2D eigenvalue weighted by molar-refractivity contribution is 7.68. The van der Waals surface area contributed by atoms with Crippen LogP contribution in [-0.2, 0) is 50.7 Å². The molecule has 0 spiro atoms. The summed E-state index contributed by atoms with van der Waals surface area (Å²) >= 11 is 12.2. The highest BCUT2D eigenvalue weighted by Crippen LogP contribution is 2.68. The highest BCUT2D eigenvalue weighted by atomic mass is 35.5. The number of aromatic amines is 1. The van der Waals surface area contributed by atoms with Crippen LogP contribution in [0.15, 0.2) is 56.0 Å². The lowest BCUT2D eigenvalue weighted by Gasteiger charge is -2.36. The first-order chi connectivity index (χ1) is 24.9. The second-order valence-corrected chi connectivity index (χ2v) is 18.8. The Morgan fingerprint density at radius 3 is 2.48 bits per heavy atom. The number of phosphoric acid groups is 4. The largest absolute Gasteiger partial charge is 0.756 e. The number of aliphatic hydroxyl groups excluding tert-OH is 1. The molecule has 3 aromatic rings. The fourth-order valence-electron chi connectivity index (χ4n) is 5.63. The molecule has 2 aliphatic heterocycles. The van der Waals surface area contributed by atoms with E-state index >= 15 is 0 Å². The number of imidazole rings is 1. The van der Waals surface area contributed by atoms with Gasteiger partial charge >= 0.3 is 15.6 Å². The first-order valence-electron chi connectivity index (χ1n) is 14.7. The number of hydrogen-bond acceptors (Lipinski definition) is 20. The summed E-state index contributed by atoms with van der Waals surface area (Å²) in [6.07, 6.45) is -1.75. The van der Waals surface area contributed by atoms with E-state index in [2.05, 4.69) is 37.4 Å². The molecule has 1 aliphatic carbocycles. The summed E-state index contributed by atoms with van der Waals surface area (Å²) in [5.41, 5.74) is 4.68. The zero-order chi connectivity index (χ0) is 39.8. The molecule has 0 saturated carbocycles. The first-order valence-corrected chi connectivity index (χ1v) is 21.4. The van der Waals surface area contributed by atoms with Gasteiger partial charge in [0.15, 0.2) is 11.2 Å². The Kier molecular flexibility index (Phi) is 10.7. The van der Waals surface area contributed by atoms with Gasteiger partial charge in [0.2, 0.25) is 11.7 Å². The van der Waals surface area contributed by atoms with Gasteiger partial charge in [0.05, 0.1) is 40.5 Å². The number of ether oxygens (including phenoxy) is 1. The number of rotatable bonds is 12. The lowest BCUT2D eigenvalue weighted by atomic mass is 9.71. The molecular weight excluding hydrogens is 851 g/mol. The number of nitrogens with zero attached hydrogens (tertiary/aromatic N) is 4. The van der Waals surface area contributed by atoms with Crippen molar-refractivity contribution in [1.82, 2.24) is 19.5 Å². The van der Waals surface area contributed by atoms with Crippen LogP contribution in [0.25, 0.3) is 11.2 Å². The van der Waals surface area contributed by atoms with E-state index in [0.29, 0.717) is 0 Å². The van der Waals surface area contributed by atoms with Gasteiger partial charge < -0.3 is 44.2 Å². The van der Waals surface area contributed by atoms with Crippen LogP contribution in [0.2, 0.25) is 0 Å². The number of anilines is 1. The number of phosphoric ester groups is 2. The summed E-state index contributed by atoms with van der Waals surface area (Å²) in [7, 11) is -24.8. The van der Waals surface area contributed by atoms with Gasteiger partial charge in [-0.1, -0.05) is 37.0 Å². The maximum absolute atomic E-state index is 12.6. The number of nitrogens with one attached hydrogen (secondary N) is 1. The van der Waals surface area contributed by atoms with Crippen molar-refractivity contribution in [3.8, 4) is 5.75 Å². The number of fused-ring (bicyclic) bond motifs is 3. The summed E-state index contributed by atoms with van der Waals surface area (Å²) in [6.45, 7) is 2.17. The third-order valence-corrected chi connectivity index (χ3v) is 14.2. The predicted octanol–water partition coefficient (Wildman–Crippen LogP) is 1.56. The van der Waals surface area contributed by atoms with E-state index < -0.39 is 78.8 Å². The smallest absolute Gasteiger partial charge is 0.485 e. The number of carbonyl (C=O) groups is 1. The topological polar surface area (TPSA) is 352 Å². The summed E-state index contributed by atoms with van der Waals surface area (Å²) < 4.78 is 76.8. The first kappa shape index (κ1) is 40.7. The van der Waals surface area contributed by atoms with Crippen LogP contribution in [0.1, 0.15) is 32.1 Å². The number of carbonyl (C=O) groups excluding carboxylic acids is 1. The molecule has 0 amide bonds. The molecule has 3 aliphatic rings. The van der Waals surface area contributed by atoms with Crippen molar-refractivity contribution in [3.63, 3.8) is 0 Å². The second kappa shape index (κ2) is 14.2. The number of ketones is 1. The van der Waals surface area contributed by atoms with Crippen LogP contribution in [0, 0.1) is 0 Å². The van der Waals surface area contributed by atoms with Gasteiger partial charge in [-0.05, 0) is 29.8 Å². The van der Waals surface area contributed by atoms with Gasteiger partial charge in [-0.15, -0.1) is 0 Å². The van der Waals surface area contributed by atoms with E-state index in [1.807, 2.05) is 0 Å². The molecule has 7 atom stereocenters. The number of aromatic nitrogens is 4. The SMILES string of the molecule is CC1(C)C2=C(Cl)C(=O)C(Cl)=CC2=Nc2ccc(OP(=O)([O-])OP(=O)(O)OP(=O)([O-])OP(=O)([O-])OC[C@H]3OC(n4cnc5c(=O)[nH]c(N)nc54)CC3O)cc21. The van der Waals surface area contributed by atoms with Gasteiger partial charge in [-0.2, -0.15) is 4.98 Å². The van der Waals surface area contributed by atoms with Gasteiger partial charge in [0, 0.05) is 17.4 Å². The van der Waals surface area contributed by atoms with Crippen LogP contribution >= 0.6 is 54.5 Å². The Hall–Kier alpha value is -2.91. The zero-order valence-electron chi connectivity index (χ0n) is 27.0. The molecule has 0 bridgehead atoms. The number of H-pyrrole nitrogens is 1. The molecule has 6 unspecified atom stereocenters. The molecule has 1 aromatic carbocycles. The van der Waals surface area contributed by atoms with Crippen LogP contribution in [-0.4, -0.2) is 59.8 Å². The van der Waals surface area contributed by atoms with E-state index in [9.17, 15) is 52.5 Å². The molecule has 2 aromatic heterocycles. The summed E-state index contributed by atoms with van der Waals surface area (Å²) in [5.74, 6) is -1.47. The standard InChI is InChI=1S/C25H26Cl2N6O17P4/c1-25(2)11-5-10(3-4-13(11)30-14-6-12(26)21(35)19(27)18(14)25)47-52(39,40)49-54(43,44)50-53(41,42)48-51(37,38)45-8-16-15(34)7-17(46-16)33-9-29-20-22(33)31-24(28)32-23(20)36/h3-6,9,15-17,34H,7-8H2,1-2H3,(H,37,38)(H,39,40)(H,41,42)(H,43,44)(H3,28,31,32,36)/p-3/t15?,16-,17?/m1/s1. The Bertz CT molecular complexity index is 2450. The Morgan fingerprint density at radius 1 is 1.09 bits per heavy atom. The minimum atomic E-state index is -6.48. The van der Waals surface area contributed by atoms with Gasteiger partial charge in [-0.3, -0.25) is 32.8 Å². The van der Waals surface area contributed by atoms with Crippen molar-refractivity contribution in [2.75, 3.05) is 12.3 Å². The maximum Gasteiger partial charge on any atom is 0.485 e. The molecular formula is C25H23Cl2N6O17P4-3. The molecule has 0 radical (unpaired) electrons. The molecule has 1 saturated heterocycles. The second-order valence-electron chi connectivity index (χ2n) is 12.0. The van der Waals surface area contributed by atoms with Crippen molar-refractivity contribution in [2.45, 2.75) is 44.1 Å². The van der Waals surface area contributed by atoms with Gasteiger partial charge in [0.25, 0.3) is 21.2 Å². The minimum Gasteiger partial charge on any atom is -0.756 e. The number of aliphatic imine (C=N–C) groups is 1. The molecule has 4 heterocycles. The van der Waals surface area contributed by atoms with E-state index in [1.165, 1.54) is 16.7 Å². The van der Waals surface area contributed by atoms with Crippen molar-refractivity contribution in [1.29, 1.82) is 0 Å².